The number of nitrogens with zero attached hydrogens (tertiary/aromatic N) is 3. The van der Waals surface area contributed by atoms with Crippen LogP contribution >= 0.6 is 0 Å². The minimum absolute atomic E-state index is 0.854. The van der Waals surface area contributed by atoms with Gasteiger partial charge in [-0.2, -0.15) is 5.10 Å². The number of aryl methyl sites for hydroxylation is 1. The molecule has 102 valence electrons. The van der Waals surface area contributed by atoms with E-state index in [1.165, 1.54) is 16.8 Å². The van der Waals surface area contributed by atoms with Crippen molar-refractivity contribution >= 4 is 0 Å². The van der Waals surface area contributed by atoms with Gasteiger partial charge in [0.1, 0.15) is 0 Å². The van der Waals surface area contributed by atoms with Crippen LogP contribution in [0.4, 0.5) is 0 Å². The fraction of sp³-hybridized carbons (Fsp3) is 0.467. The first-order chi connectivity index (χ1) is 9.13. The Labute approximate surface area is 114 Å². The van der Waals surface area contributed by atoms with E-state index in [0.717, 1.165) is 30.9 Å². The lowest BCUT2D eigenvalue weighted by Gasteiger charge is -2.07. The molecule has 0 unspecified atom stereocenters. The third kappa shape index (κ3) is 3.01. The summed E-state index contributed by atoms with van der Waals surface area (Å²) in [6.45, 7) is 10.3. The number of rotatable bonds is 5. The zero-order valence-electron chi connectivity index (χ0n) is 12.2. The quantitative estimate of drug-likeness (QED) is 0.838. The van der Waals surface area contributed by atoms with Gasteiger partial charge >= 0.3 is 0 Å². The molecule has 0 saturated carbocycles. The summed E-state index contributed by atoms with van der Waals surface area (Å²) < 4.78 is 1.97. The number of aromatic nitrogens is 3. The Kier molecular flexibility index (Phi) is 4.32. The van der Waals surface area contributed by atoms with Crippen LogP contribution in [0, 0.1) is 20.8 Å². The lowest BCUT2D eigenvalue weighted by atomic mass is 10.2. The van der Waals surface area contributed by atoms with E-state index in [1.54, 1.807) is 0 Å². The summed E-state index contributed by atoms with van der Waals surface area (Å²) in [6, 6.07) is 2.15. The lowest BCUT2D eigenvalue weighted by Crippen LogP contribution is -2.14. The lowest BCUT2D eigenvalue weighted by molar-refractivity contribution is 0.672. The van der Waals surface area contributed by atoms with E-state index in [-0.39, 0.29) is 0 Å². The summed E-state index contributed by atoms with van der Waals surface area (Å²) in [5.41, 5.74) is 5.72. The SMILES string of the molecule is CCCNCc1cncc(-n2nc(C)c(C)c2C)c1. The molecule has 0 aliphatic heterocycles. The van der Waals surface area contributed by atoms with Crippen LogP contribution in [-0.4, -0.2) is 21.3 Å². The second kappa shape index (κ2) is 5.97. The number of pyridine rings is 1. The molecule has 2 aromatic rings. The van der Waals surface area contributed by atoms with Crippen LogP contribution in [0.5, 0.6) is 0 Å². The van der Waals surface area contributed by atoms with Gasteiger partial charge in [-0.15, -0.1) is 0 Å². The van der Waals surface area contributed by atoms with Gasteiger partial charge in [0.05, 0.1) is 17.6 Å². The normalized spacial score (nSPS) is 10.9. The first-order valence-electron chi connectivity index (χ1n) is 6.81. The van der Waals surface area contributed by atoms with Crippen LogP contribution < -0.4 is 5.32 Å². The molecule has 0 bridgehead atoms. The second-order valence-electron chi connectivity index (χ2n) is 4.94. The highest BCUT2D eigenvalue weighted by Gasteiger charge is 2.09. The molecule has 0 aliphatic rings. The van der Waals surface area contributed by atoms with Crippen LogP contribution in [0.3, 0.4) is 0 Å². The van der Waals surface area contributed by atoms with Gasteiger partial charge in [-0.3, -0.25) is 4.98 Å². The minimum Gasteiger partial charge on any atom is -0.313 e. The van der Waals surface area contributed by atoms with Crippen molar-refractivity contribution in [2.24, 2.45) is 0 Å². The molecule has 0 aliphatic carbocycles. The molecule has 1 N–H and O–H groups in total. The average molecular weight is 258 g/mol. The van der Waals surface area contributed by atoms with Gasteiger partial charge < -0.3 is 5.32 Å². The fourth-order valence-electron chi connectivity index (χ4n) is 2.07. The predicted octanol–water partition coefficient (Wildman–Crippen LogP) is 2.69. The first kappa shape index (κ1) is 13.7. The predicted molar refractivity (Wildman–Crippen MR) is 77.6 cm³/mol. The van der Waals surface area contributed by atoms with Crippen molar-refractivity contribution in [1.29, 1.82) is 0 Å². The monoisotopic (exact) mass is 258 g/mol. The van der Waals surface area contributed by atoms with Gasteiger partial charge in [0, 0.05) is 18.4 Å². The standard InChI is InChI=1S/C15H22N4/c1-5-6-16-8-14-7-15(10-17-9-14)19-13(4)11(2)12(3)18-19/h7,9-10,16H,5-6,8H2,1-4H3. The highest BCUT2D eigenvalue weighted by atomic mass is 15.3. The molecule has 0 atom stereocenters. The summed E-state index contributed by atoms with van der Waals surface area (Å²) in [6.07, 6.45) is 4.91. The van der Waals surface area contributed by atoms with Crippen molar-refractivity contribution in [1.82, 2.24) is 20.1 Å². The van der Waals surface area contributed by atoms with Crippen LogP contribution in [0.1, 0.15) is 35.9 Å². The van der Waals surface area contributed by atoms with Gasteiger partial charge in [0.25, 0.3) is 0 Å². The maximum absolute atomic E-state index is 4.57. The third-order valence-electron chi connectivity index (χ3n) is 3.43. The van der Waals surface area contributed by atoms with Crippen molar-refractivity contribution in [3.05, 3.63) is 41.0 Å². The smallest absolute Gasteiger partial charge is 0.0835 e. The largest absolute Gasteiger partial charge is 0.313 e. The van der Waals surface area contributed by atoms with Gasteiger partial charge in [-0.25, -0.2) is 4.68 Å². The Morgan fingerprint density at radius 1 is 1.21 bits per heavy atom. The molecular weight excluding hydrogens is 236 g/mol. The Morgan fingerprint density at radius 2 is 2.00 bits per heavy atom. The molecule has 0 aromatic carbocycles. The van der Waals surface area contributed by atoms with Gasteiger partial charge in [0.2, 0.25) is 0 Å². The van der Waals surface area contributed by atoms with Crippen LogP contribution in [0.2, 0.25) is 0 Å². The molecule has 0 radical (unpaired) electrons. The molecule has 19 heavy (non-hydrogen) atoms. The summed E-state index contributed by atoms with van der Waals surface area (Å²) >= 11 is 0. The van der Waals surface area contributed by atoms with E-state index in [2.05, 4.69) is 42.2 Å². The van der Waals surface area contributed by atoms with E-state index >= 15 is 0 Å². The molecular formula is C15H22N4. The Bertz CT molecular complexity index is 557. The molecule has 4 nitrogen and oxygen atoms in total. The number of hydrogen-bond acceptors (Lipinski definition) is 3. The van der Waals surface area contributed by atoms with Gasteiger partial charge in [-0.05, 0) is 50.9 Å². The highest BCUT2D eigenvalue weighted by Crippen LogP contribution is 2.16. The van der Waals surface area contributed by atoms with E-state index in [4.69, 9.17) is 0 Å². The van der Waals surface area contributed by atoms with Crippen molar-refractivity contribution < 1.29 is 0 Å². The Morgan fingerprint density at radius 3 is 2.63 bits per heavy atom. The number of hydrogen-bond donors (Lipinski definition) is 1. The van der Waals surface area contributed by atoms with Crippen molar-refractivity contribution in [3.63, 3.8) is 0 Å². The summed E-state index contributed by atoms with van der Waals surface area (Å²) in [5, 5.41) is 7.97. The van der Waals surface area contributed by atoms with Crippen LogP contribution in [0.15, 0.2) is 18.5 Å². The number of nitrogens with one attached hydrogen (secondary N) is 1. The topological polar surface area (TPSA) is 42.7 Å². The highest BCUT2D eigenvalue weighted by molar-refractivity contribution is 5.36. The summed E-state index contributed by atoms with van der Waals surface area (Å²) in [4.78, 5) is 4.32. The third-order valence-corrected chi connectivity index (χ3v) is 3.43. The molecule has 0 saturated heterocycles. The fourth-order valence-corrected chi connectivity index (χ4v) is 2.07. The van der Waals surface area contributed by atoms with Gasteiger partial charge in [-0.1, -0.05) is 6.92 Å². The van der Waals surface area contributed by atoms with Gasteiger partial charge in [0.15, 0.2) is 0 Å². The van der Waals surface area contributed by atoms with Crippen molar-refractivity contribution in [3.8, 4) is 5.69 Å². The summed E-state index contributed by atoms with van der Waals surface area (Å²) in [7, 11) is 0. The van der Waals surface area contributed by atoms with Crippen molar-refractivity contribution in [2.75, 3.05) is 6.54 Å². The molecule has 4 heteroatoms. The second-order valence-corrected chi connectivity index (χ2v) is 4.94. The van der Waals surface area contributed by atoms with E-state index < -0.39 is 0 Å². The molecule has 0 spiro atoms. The zero-order chi connectivity index (χ0) is 13.8. The summed E-state index contributed by atoms with van der Waals surface area (Å²) in [5.74, 6) is 0. The average Bonchev–Trinajstić information content (AvgIpc) is 2.67. The van der Waals surface area contributed by atoms with E-state index in [9.17, 15) is 0 Å². The van der Waals surface area contributed by atoms with E-state index in [0.29, 0.717) is 0 Å². The maximum Gasteiger partial charge on any atom is 0.0835 e. The molecule has 0 fully saturated rings. The van der Waals surface area contributed by atoms with E-state index in [1.807, 2.05) is 24.0 Å². The molecule has 2 heterocycles. The van der Waals surface area contributed by atoms with Crippen molar-refractivity contribution in [2.45, 2.75) is 40.7 Å². The Hall–Kier alpha value is -1.68. The minimum atomic E-state index is 0.854. The first-order valence-corrected chi connectivity index (χ1v) is 6.81. The molecule has 2 aromatic heterocycles. The Balaban J connectivity index is 2.25. The molecule has 0 amide bonds. The van der Waals surface area contributed by atoms with Crippen LogP contribution in [0.25, 0.3) is 5.69 Å². The maximum atomic E-state index is 4.57. The van der Waals surface area contributed by atoms with Crippen LogP contribution in [-0.2, 0) is 6.54 Å². The zero-order valence-corrected chi connectivity index (χ0v) is 12.2. The molecule has 2 rings (SSSR count).